The Morgan fingerprint density at radius 2 is 2.19 bits per heavy atom. The van der Waals surface area contributed by atoms with Crippen LogP contribution in [0.15, 0.2) is 24.3 Å². The molecule has 1 atom stereocenters. The number of hydrogen-bond acceptors (Lipinski definition) is 3. The lowest BCUT2D eigenvalue weighted by Crippen LogP contribution is -2.29. The van der Waals surface area contributed by atoms with Gasteiger partial charge < -0.3 is 15.4 Å². The molecular formula is C17H26N2O2. The van der Waals surface area contributed by atoms with Crippen LogP contribution in [0.4, 0.5) is 5.69 Å². The number of carbonyl (C=O) groups is 1. The molecule has 0 radical (unpaired) electrons. The van der Waals surface area contributed by atoms with Gasteiger partial charge in [0.25, 0.3) is 0 Å². The number of hydrogen-bond donors (Lipinski definition) is 2. The molecule has 0 aromatic heterocycles. The Hall–Kier alpha value is -1.39. The highest BCUT2D eigenvalue weighted by Crippen LogP contribution is 2.23. The molecule has 0 spiro atoms. The van der Waals surface area contributed by atoms with Crippen LogP contribution in [0.1, 0.15) is 44.6 Å². The second-order valence-corrected chi connectivity index (χ2v) is 5.88. The zero-order valence-corrected chi connectivity index (χ0v) is 13.0. The molecule has 2 rings (SSSR count). The summed E-state index contributed by atoms with van der Waals surface area (Å²) >= 11 is 0. The van der Waals surface area contributed by atoms with Crippen LogP contribution in [0.2, 0.25) is 0 Å². The lowest BCUT2D eigenvalue weighted by atomic mass is 10.0. The number of carbonyl (C=O) groups excluding carboxylic acids is 1. The zero-order chi connectivity index (χ0) is 15.1. The van der Waals surface area contributed by atoms with Crippen molar-refractivity contribution in [2.45, 2.75) is 45.1 Å². The minimum Gasteiger partial charge on any atom is -0.377 e. The summed E-state index contributed by atoms with van der Waals surface area (Å²) in [6, 6.07) is 7.99. The molecule has 21 heavy (non-hydrogen) atoms. The number of ether oxygens (including phenoxy) is 1. The monoisotopic (exact) mass is 290 g/mol. The fourth-order valence-corrected chi connectivity index (χ4v) is 2.60. The van der Waals surface area contributed by atoms with E-state index in [1.165, 1.54) is 5.56 Å². The summed E-state index contributed by atoms with van der Waals surface area (Å²) in [5.41, 5.74) is 2.11. The maximum absolute atomic E-state index is 12.0. The van der Waals surface area contributed by atoms with Gasteiger partial charge in [-0.1, -0.05) is 32.0 Å². The van der Waals surface area contributed by atoms with Gasteiger partial charge in [-0.25, -0.2) is 0 Å². The number of para-hydroxylation sites is 1. The average Bonchev–Trinajstić information content (AvgIpc) is 2.97. The molecule has 1 unspecified atom stereocenters. The number of rotatable bonds is 7. The van der Waals surface area contributed by atoms with Gasteiger partial charge in [-0.05, 0) is 30.4 Å². The van der Waals surface area contributed by atoms with Crippen LogP contribution in [0.5, 0.6) is 0 Å². The predicted octanol–water partition coefficient (Wildman–Crippen LogP) is 2.91. The molecule has 1 saturated heterocycles. The van der Waals surface area contributed by atoms with Gasteiger partial charge in [-0.15, -0.1) is 0 Å². The Bertz CT molecular complexity index is 454. The Kier molecular flexibility index (Phi) is 6.21. The molecule has 1 amide bonds. The molecule has 1 aromatic carbocycles. The first-order valence-electron chi connectivity index (χ1n) is 7.88. The van der Waals surface area contributed by atoms with Crippen LogP contribution in [0, 0.1) is 0 Å². The molecule has 1 aliphatic heterocycles. The van der Waals surface area contributed by atoms with Crippen LogP contribution >= 0.6 is 0 Å². The van der Waals surface area contributed by atoms with Crippen molar-refractivity contribution in [3.8, 4) is 0 Å². The van der Waals surface area contributed by atoms with Gasteiger partial charge in [0.05, 0.1) is 6.10 Å². The van der Waals surface area contributed by atoms with Crippen molar-refractivity contribution in [2.75, 3.05) is 25.0 Å². The fourth-order valence-electron chi connectivity index (χ4n) is 2.60. The third kappa shape index (κ3) is 5.14. The minimum atomic E-state index is 0.0583. The highest BCUT2D eigenvalue weighted by Gasteiger charge is 2.14. The third-order valence-corrected chi connectivity index (χ3v) is 3.78. The van der Waals surface area contributed by atoms with Gasteiger partial charge in [0.15, 0.2) is 0 Å². The molecule has 4 heteroatoms. The largest absolute Gasteiger partial charge is 0.377 e. The van der Waals surface area contributed by atoms with Crippen LogP contribution in [-0.2, 0) is 9.53 Å². The molecule has 116 valence electrons. The van der Waals surface area contributed by atoms with E-state index in [1.807, 2.05) is 18.2 Å². The van der Waals surface area contributed by atoms with Gasteiger partial charge in [-0.3, -0.25) is 4.79 Å². The van der Waals surface area contributed by atoms with Gasteiger partial charge in [-0.2, -0.15) is 0 Å². The minimum absolute atomic E-state index is 0.0583. The van der Waals surface area contributed by atoms with Gasteiger partial charge in [0.1, 0.15) is 0 Å². The molecule has 0 bridgehead atoms. The van der Waals surface area contributed by atoms with Crippen molar-refractivity contribution in [3.63, 3.8) is 0 Å². The van der Waals surface area contributed by atoms with Crippen molar-refractivity contribution >= 4 is 11.6 Å². The average molecular weight is 290 g/mol. The number of nitrogens with one attached hydrogen (secondary N) is 2. The summed E-state index contributed by atoms with van der Waals surface area (Å²) in [6.45, 7) is 6.67. The first-order chi connectivity index (χ1) is 10.2. The van der Waals surface area contributed by atoms with E-state index in [2.05, 4.69) is 30.5 Å². The molecule has 0 saturated carbocycles. The van der Waals surface area contributed by atoms with E-state index in [9.17, 15) is 4.79 Å². The lowest BCUT2D eigenvalue weighted by molar-refractivity contribution is -0.116. The van der Waals surface area contributed by atoms with Crippen molar-refractivity contribution < 1.29 is 9.53 Å². The molecule has 4 nitrogen and oxygen atoms in total. The second-order valence-electron chi connectivity index (χ2n) is 5.88. The molecule has 2 N–H and O–H groups in total. The summed E-state index contributed by atoms with van der Waals surface area (Å²) < 4.78 is 5.53. The summed E-state index contributed by atoms with van der Waals surface area (Å²) in [4.78, 5) is 12.0. The number of anilines is 1. The summed E-state index contributed by atoms with van der Waals surface area (Å²) in [6.07, 6.45) is 3.09. The van der Waals surface area contributed by atoms with E-state index >= 15 is 0 Å². The van der Waals surface area contributed by atoms with E-state index in [-0.39, 0.29) is 5.91 Å². The number of amides is 1. The van der Waals surface area contributed by atoms with Crippen molar-refractivity contribution in [2.24, 2.45) is 0 Å². The molecule has 1 fully saturated rings. The van der Waals surface area contributed by atoms with E-state index in [4.69, 9.17) is 4.74 Å². The Labute approximate surface area is 127 Å². The van der Waals surface area contributed by atoms with E-state index in [0.717, 1.165) is 31.7 Å². The highest BCUT2D eigenvalue weighted by molar-refractivity contribution is 5.91. The summed E-state index contributed by atoms with van der Waals surface area (Å²) in [5, 5.41) is 6.31. The zero-order valence-electron chi connectivity index (χ0n) is 13.0. The first-order valence-corrected chi connectivity index (χ1v) is 7.88. The Morgan fingerprint density at radius 3 is 2.90 bits per heavy atom. The van der Waals surface area contributed by atoms with Crippen LogP contribution in [0.25, 0.3) is 0 Å². The van der Waals surface area contributed by atoms with E-state index in [0.29, 0.717) is 25.0 Å². The van der Waals surface area contributed by atoms with Crippen molar-refractivity contribution in [3.05, 3.63) is 29.8 Å². The fraction of sp³-hybridized carbons (Fsp3) is 0.588. The van der Waals surface area contributed by atoms with Crippen molar-refractivity contribution in [1.29, 1.82) is 0 Å². The summed E-state index contributed by atoms with van der Waals surface area (Å²) in [7, 11) is 0. The normalized spacial score (nSPS) is 18.1. The second kappa shape index (κ2) is 8.15. The van der Waals surface area contributed by atoms with Crippen LogP contribution < -0.4 is 10.6 Å². The molecule has 0 aliphatic carbocycles. The standard InChI is InChI=1S/C17H26N2O2/c1-13(2)15-7-3-4-8-16(15)19-17(20)9-10-18-12-14-6-5-11-21-14/h3-4,7-8,13-14,18H,5-6,9-12H2,1-2H3,(H,19,20). The molecule has 1 aliphatic rings. The lowest BCUT2D eigenvalue weighted by Gasteiger charge is -2.14. The van der Waals surface area contributed by atoms with Crippen LogP contribution in [-0.4, -0.2) is 31.7 Å². The quantitative estimate of drug-likeness (QED) is 0.759. The Balaban J connectivity index is 1.71. The predicted molar refractivity (Wildman–Crippen MR) is 85.6 cm³/mol. The maximum atomic E-state index is 12.0. The van der Waals surface area contributed by atoms with E-state index < -0.39 is 0 Å². The number of benzene rings is 1. The molecular weight excluding hydrogens is 264 g/mol. The maximum Gasteiger partial charge on any atom is 0.225 e. The van der Waals surface area contributed by atoms with Crippen LogP contribution in [0.3, 0.4) is 0 Å². The smallest absolute Gasteiger partial charge is 0.225 e. The van der Waals surface area contributed by atoms with Gasteiger partial charge in [0.2, 0.25) is 5.91 Å². The third-order valence-electron chi connectivity index (χ3n) is 3.78. The SMILES string of the molecule is CC(C)c1ccccc1NC(=O)CCNCC1CCCO1. The van der Waals surface area contributed by atoms with Crippen molar-refractivity contribution in [1.82, 2.24) is 5.32 Å². The molecule has 1 aromatic rings. The topological polar surface area (TPSA) is 50.4 Å². The van der Waals surface area contributed by atoms with Gasteiger partial charge >= 0.3 is 0 Å². The molecule has 1 heterocycles. The van der Waals surface area contributed by atoms with E-state index in [1.54, 1.807) is 0 Å². The Morgan fingerprint density at radius 1 is 1.38 bits per heavy atom. The van der Waals surface area contributed by atoms with Gasteiger partial charge in [0, 0.05) is 31.8 Å². The summed E-state index contributed by atoms with van der Waals surface area (Å²) in [5.74, 6) is 0.460. The highest BCUT2D eigenvalue weighted by atomic mass is 16.5. The first kappa shape index (κ1) is 16.0.